The number of carbonyl (C=O) groups is 3. The summed E-state index contributed by atoms with van der Waals surface area (Å²) in [4.78, 5) is 47.3. The molecule has 3 N–H and O–H groups in total. The molecule has 3 aromatic carbocycles. The number of fused-ring (bicyclic) bond motifs is 4. The largest absolute Gasteiger partial charge is 0.492 e. The molecule has 12 nitrogen and oxygen atoms in total. The number of hydrogen-bond donors (Lipinski definition) is 3. The average Bonchev–Trinajstić information content (AvgIpc) is 3.38. The van der Waals surface area contributed by atoms with Crippen molar-refractivity contribution in [2.24, 2.45) is 0 Å². The van der Waals surface area contributed by atoms with E-state index in [0.717, 1.165) is 22.3 Å². The fraction of sp³-hybridized carbons (Fsp3) is 0.294. The maximum atomic E-state index is 12.3. The Bertz CT molecular complexity index is 1760. The lowest BCUT2D eigenvalue weighted by Gasteiger charge is -2.14. The summed E-state index contributed by atoms with van der Waals surface area (Å²) in [5, 5.41) is 14.5. The van der Waals surface area contributed by atoms with Crippen LogP contribution in [0.3, 0.4) is 0 Å². The highest BCUT2D eigenvalue weighted by molar-refractivity contribution is 9.10. The standard InChI is InChI=1S/C34H33BrN2O10/c35-28-17-26-21(16-32(40)47-29(26)18-30(28)44-13-5-10-31(38)39)19-45-33(41)36-11-14-43-15-12-37-34(42)46-20-27-24-8-3-1-6-22(24)23-7-2-4-9-25(23)27/h1-4,6-9,16-18,27H,5,10-15,19-20H2,(H,36,41)(H,37,42)(H,38,39). The van der Waals surface area contributed by atoms with Crippen molar-refractivity contribution >= 4 is 45.1 Å². The minimum absolute atomic E-state index is 0.0226. The summed E-state index contributed by atoms with van der Waals surface area (Å²) < 4.78 is 27.7. The van der Waals surface area contributed by atoms with Crippen LogP contribution in [0.1, 0.15) is 35.4 Å². The highest BCUT2D eigenvalue weighted by Crippen LogP contribution is 2.44. The van der Waals surface area contributed by atoms with Crippen LogP contribution in [0.15, 0.2) is 80.4 Å². The van der Waals surface area contributed by atoms with E-state index in [1.54, 1.807) is 6.07 Å². The zero-order valence-corrected chi connectivity index (χ0v) is 26.9. The van der Waals surface area contributed by atoms with E-state index in [1.807, 2.05) is 24.3 Å². The molecule has 0 unspecified atom stereocenters. The van der Waals surface area contributed by atoms with E-state index in [1.165, 1.54) is 12.1 Å². The molecule has 1 aliphatic rings. The molecule has 1 heterocycles. The third-order valence-corrected chi connectivity index (χ3v) is 8.03. The number of carboxylic acids is 1. The molecule has 0 fully saturated rings. The number of nitrogens with one attached hydrogen (secondary N) is 2. The number of hydrogen-bond acceptors (Lipinski definition) is 9. The van der Waals surface area contributed by atoms with Gasteiger partial charge < -0.3 is 39.1 Å². The molecule has 13 heteroatoms. The van der Waals surface area contributed by atoms with Gasteiger partial charge in [-0.2, -0.15) is 0 Å². The van der Waals surface area contributed by atoms with E-state index < -0.39 is 23.8 Å². The number of aliphatic carboxylic acids is 1. The van der Waals surface area contributed by atoms with E-state index in [4.69, 9.17) is 28.5 Å². The monoisotopic (exact) mass is 708 g/mol. The van der Waals surface area contributed by atoms with Crippen LogP contribution in [0.25, 0.3) is 22.1 Å². The summed E-state index contributed by atoms with van der Waals surface area (Å²) in [7, 11) is 0. The number of ether oxygens (including phenoxy) is 4. The van der Waals surface area contributed by atoms with Crippen LogP contribution in [-0.2, 0) is 25.6 Å². The van der Waals surface area contributed by atoms with Crippen molar-refractivity contribution in [3.63, 3.8) is 0 Å². The second-order valence-electron chi connectivity index (χ2n) is 10.6. The highest BCUT2D eigenvalue weighted by Gasteiger charge is 2.29. The zero-order chi connectivity index (χ0) is 33.2. The van der Waals surface area contributed by atoms with Crippen molar-refractivity contribution in [1.82, 2.24) is 10.6 Å². The molecule has 0 aliphatic heterocycles. The predicted molar refractivity (Wildman–Crippen MR) is 175 cm³/mol. The van der Waals surface area contributed by atoms with E-state index in [-0.39, 0.29) is 64.0 Å². The Kier molecular flexibility index (Phi) is 11.5. The molecule has 1 aliphatic carbocycles. The first kappa shape index (κ1) is 33.5. The highest BCUT2D eigenvalue weighted by atomic mass is 79.9. The summed E-state index contributed by atoms with van der Waals surface area (Å²) >= 11 is 3.41. The number of rotatable bonds is 15. The van der Waals surface area contributed by atoms with E-state index in [2.05, 4.69) is 50.8 Å². The van der Waals surface area contributed by atoms with E-state index >= 15 is 0 Å². The first-order chi connectivity index (χ1) is 22.8. The van der Waals surface area contributed by atoms with Crippen LogP contribution in [-0.4, -0.2) is 62.8 Å². The van der Waals surface area contributed by atoms with Crippen LogP contribution in [0, 0.1) is 0 Å². The topological polar surface area (TPSA) is 163 Å². The van der Waals surface area contributed by atoms with Gasteiger partial charge >= 0.3 is 23.8 Å². The van der Waals surface area contributed by atoms with E-state index in [0.29, 0.717) is 27.6 Å². The second-order valence-corrected chi connectivity index (χ2v) is 11.4. The fourth-order valence-electron chi connectivity index (χ4n) is 5.26. The van der Waals surface area contributed by atoms with Gasteiger partial charge in [-0.1, -0.05) is 48.5 Å². The lowest BCUT2D eigenvalue weighted by Crippen LogP contribution is -2.31. The van der Waals surface area contributed by atoms with Gasteiger partial charge in [-0.15, -0.1) is 0 Å². The van der Waals surface area contributed by atoms with Crippen molar-refractivity contribution in [2.75, 3.05) is 39.5 Å². The lowest BCUT2D eigenvalue weighted by molar-refractivity contribution is -0.137. The van der Waals surface area contributed by atoms with Crippen LogP contribution in [0.5, 0.6) is 5.75 Å². The number of benzene rings is 3. The van der Waals surface area contributed by atoms with Gasteiger partial charge in [-0.3, -0.25) is 4.79 Å². The van der Waals surface area contributed by atoms with Crippen molar-refractivity contribution in [3.05, 3.63) is 98.3 Å². The summed E-state index contributed by atoms with van der Waals surface area (Å²) in [5.74, 6) is -0.556. The van der Waals surface area contributed by atoms with Crippen LogP contribution >= 0.6 is 15.9 Å². The van der Waals surface area contributed by atoms with Gasteiger partial charge in [0.2, 0.25) is 0 Å². The predicted octanol–water partition coefficient (Wildman–Crippen LogP) is 5.58. The molecule has 4 aromatic rings. The third-order valence-electron chi connectivity index (χ3n) is 7.41. The van der Waals surface area contributed by atoms with Crippen LogP contribution in [0.2, 0.25) is 0 Å². The van der Waals surface area contributed by atoms with Gasteiger partial charge in [0.15, 0.2) is 0 Å². The zero-order valence-electron chi connectivity index (χ0n) is 25.3. The minimum atomic E-state index is -0.918. The molecule has 0 bridgehead atoms. The molecule has 5 rings (SSSR count). The average molecular weight is 710 g/mol. The summed E-state index contributed by atoms with van der Waals surface area (Å²) in [6, 6.07) is 20.7. The third kappa shape index (κ3) is 8.89. The molecule has 0 saturated carbocycles. The number of amides is 2. The summed E-state index contributed by atoms with van der Waals surface area (Å²) in [6.45, 7) is 0.991. The van der Waals surface area contributed by atoms with Crippen molar-refractivity contribution < 1.29 is 42.9 Å². The first-order valence-electron chi connectivity index (χ1n) is 15.0. The van der Waals surface area contributed by atoms with Gasteiger partial charge in [0, 0.05) is 48.5 Å². The SMILES string of the molecule is O=C(O)CCCOc1cc2oc(=O)cc(COC(=O)NCCOCCNC(=O)OCC3c4ccccc4-c4ccccc43)c2cc1Br. The number of alkyl carbamates (subject to hydrolysis) is 2. The van der Waals surface area contributed by atoms with Gasteiger partial charge in [-0.05, 0) is 50.7 Å². The van der Waals surface area contributed by atoms with E-state index in [9.17, 15) is 19.2 Å². The molecule has 0 saturated heterocycles. The maximum Gasteiger partial charge on any atom is 0.407 e. The molecule has 47 heavy (non-hydrogen) atoms. The molecule has 0 spiro atoms. The van der Waals surface area contributed by atoms with Crippen molar-refractivity contribution in [3.8, 4) is 16.9 Å². The van der Waals surface area contributed by atoms with Gasteiger partial charge in [0.1, 0.15) is 24.5 Å². The summed E-state index contributed by atoms with van der Waals surface area (Å²) in [5.41, 5.74) is 4.62. The molecule has 0 atom stereocenters. The Balaban J connectivity index is 0.981. The Morgan fingerprint density at radius 2 is 1.49 bits per heavy atom. The van der Waals surface area contributed by atoms with Gasteiger partial charge in [0.05, 0.1) is 24.3 Å². The Hall–Kier alpha value is -4.88. The molecule has 0 radical (unpaired) electrons. The van der Waals surface area contributed by atoms with Gasteiger partial charge in [-0.25, -0.2) is 14.4 Å². The van der Waals surface area contributed by atoms with Crippen LogP contribution < -0.4 is 21.0 Å². The number of carboxylic acid groups (broad SMARTS) is 1. The number of carbonyl (C=O) groups excluding carboxylic acids is 2. The van der Waals surface area contributed by atoms with Crippen LogP contribution in [0.4, 0.5) is 9.59 Å². The quantitative estimate of drug-likeness (QED) is 0.105. The minimum Gasteiger partial charge on any atom is -0.492 e. The van der Waals surface area contributed by atoms with Crippen molar-refractivity contribution in [1.29, 1.82) is 0 Å². The normalized spacial score (nSPS) is 11.9. The molecule has 2 amide bonds. The maximum absolute atomic E-state index is 12.3. The fourth-order valence-corrected chi connectivity index (χ4v) is 5.72. The lowest BCUT2D eigenvalue weighted by atomic mass is 9.98. The van der Waals surface area contributed by atoms with Crippen molar-refractivity contribution in [2.45, 2.75) is 25.4 Å². The first-order valence-corrected chi connectivity index (χ1v) is 15.8. The molecule has 246 valence electrons. The second kappa shape index (κ2) is 16.1. The molecular weight excluding hydrogens is 676 g/mol. The summed E-state index contributed by atoms with van der Waals surface area (Å²) in [6.07, 6.45) is -0.956. The molecular formula is C34H33BrN2O10. The Morgan fingerprint density at radius 3 is 2.15 bits per heavy atom. The van der Waals surface area contributed by atoms with Gasteiger partial charge in [0.25, 0.3) is 0 Å². The molecule has 1 aromatic heterocycles. The number of halogens is 1. The Labute approximate surface area is 278 Å². The Morgan fingerprint density at radius 1 is 0.851 bits per heavy atom. The smallest absolute Gasteiger partial charge is 0.407 e.